The molecule has 0 saturated heterocycles. The normalized spacial score (nSPS) is 11.6. The molecule has 0 fully saturated rings. The SMILES string of the molecule is Cn1cc(NS(=O)(=O)c2cc(Br)cc(CO)c2F)cn1. The quantitative estimate of drug-likeness (QED) is 0.864. The van der Waals surface area contributed by atoms with Crippen LogP contribution in [-0.4, -0.2) is 23.3 Å². The maximum atomic E-state index is 14.0. The van der Waals surface area contributed by atoms with Gasteiger partial charge in [0, 0.05) is 23.3 Å². The number of halogens is 2. The number of nitrogens with one attached hydrogen (secondary N) is 1. The number of sulfonamides is 1. The Morgan fingerprint density at radius 2 is 2.20 bits per heavy atom. The number of benzene rings is 1. The number of aliphatic hydroxyl groups is 1. The van der Waals surface area contributed by atoms with E-state index in [-0.39, 0.29) is 11.3 Å². The minimum Gasteiger partial charge on any atom is -0.392 e. The number of aliphatic hydroxyl groups excluding tert-OH is 1. The highest BCUT2D eigenvalue weighted by atomic mass is 79.9. The van der Waals surface area contributed by atoms with Crippen LogP contribution < -0.4 is 4.72 Å². The van der Waals surface area contributed by atoms with Crippen LogP contribution in [0.3, 0.4) is 0 Å². The summed E-state index contributed by atoms with van der Waals surface area (Å²) in [6.45, 7) is -0.597. The molecule has 0 radical (unpaired) electrons. The van der Waals surface area contributed by atoms with Gasteiger partial charge in [-0.2, -0.15) is 5.10 Å². The third kappa shape index (κ3) is 3.00. The first-order chi connectivity index (χ1) is 9.33. The van der Waals surface area contributed by atoms with Gasteiger partial charge in [-0.05, 0) is 12.1 Å². The van der Waals surface area contributed by atoms with Gasteiger partial charge in [-0.25, -0.2) is 12.8 Å². The molecule has 0 spiro atoms. The first-order valence-electron chi connectivity index (χ1n) is 5.43. The van der Waals surface area contributed by atoms with E-state index < -0.39 is 27.3 Å². The Kier molecular flexibility index (Phi) is 4.11. The van der Waals surface area contributed by atoms with Crippen LogP contribution in [0.15, 0.2) is 33.9 Å². The van der Waals surface area contributed by atoms with Crippen molar-refractivity contribution in [2.24, 2.45) is 7.05 Å². The fourth-order valence-corrected chi connectivity index (χ4v) is 3.44. The molecular weight excluding hydrogens is 353 g/mol. The third-order valence-corrected chi connectivity index (χ3v) is 4.33. The van der Waals surface area contributed by atoms with Gasteiger partial charge in [0.25, 0.3) is 10.0 Å². The number of nitrogens with zero attached hydrogens (tertiary/aromatic N) is 2. The van der Waals surface area contributed by atoms with E-state index in [2.05, 4.69) is 25.8 Å². The van der Waals surface area contributed by atoms with Gasteiger partial charge in [-0.1, -0.05) is 15.9 Å². The van der Waals surface area contributed by atoms with Crippen LogP contribution in [0.4, 0.5) is 10.1 Å². The van der Waals surface area contributed by atoms with Crippen LogP contribution in [0.25, 0.3) is 0 Å². The zero-order chi connectivity index (χ0) is 14.9. The summed E-state index contributed by atoms with van der Waals surface area (Å²) in [5.74, 6) is -0.980. The molecule has 0 aliphatic rings. The molecule has 0 saturated carbocycles. The van der Waals surface area contributed by atoms with E-state index in [0.29, 0.717) is 4.47 Å². The lowest BCUT2D eigenvalue weighted by atomic mass is 10.2. The Balaban J connectivity index is 2.46. The van der Waals surface area contributed by atoms with E-state index >= 15 is 0 Å². The van der Waals surface area contributed by atoms with Crippen molar-refractivity contribution in [2.45, 2.75) is 11.5 Å². The zero-order valence-electron chi connectivity index (χ0n) is 10.3. The van der Waals surface area contributed by atoms with E-state index in [0.717, 1.165) is 6.07 Å². The lowest BCUT2D eigenvalue weighted by Crippen LogP contribution is -2.15. The molecule has 2 N–H and O–H groups in total. The van der Waals surface area contributed by atoms with Crippen molar-refractivity contribution in [3.63, 3.8) is 0 Å². The van der Waals surface area contributed by atoms with Crippen molar-refractivity contribution in [2.75, 3.05) is 4.72 Å². The molecule has 1 aromatic heterocycles. The molecule has 9 heteroatoms. The highest BCUT2D eigenvalue weighted by molar-refractivity contribution is 9.10. The van der Waals surface area contributed by atoms with Crippen LogP contribution in [-0.2, 0) is 23.7 Å². The summed E-state index contributed by atoms with van der Waals surface area (Å²) < 4.78 is 42.3. The first-order valence-corrected chi connectivity index (χ1v) is 7.71. The van der Waals surface area contributed by atoms with Gasteiger partial charge in [0.1, 0.15) is 10.7 Å². The molecule has 1 heterocycles. The van der Waals surface area contributed by atoms with Crippen LogP contribution in [0.2, 0.25) is 0 Å². The minimum atomic E-state index is -4.11. The smallest absolute Gasteiger partial charge is 0.264 e. The van der Waals surface area contributed by atoms with Crippen molar-refractivity contribution in [1.29, 1.82) is 0 Å². The lowest BCUT2D eigenvalue weighted by Gasteiger charge is -2.10. The molecule has 0 amide bonds. The lowest BCUT2D eigenvalue weighted by molar-refractivity contribution is 0.274. The minimum absolute atomic E-state index is 0.106. The van der Waals surface area contributed by atoms with Crippen LogP contribution >= 0.6 is 15.9 Å². The van der Waals surface area contributed by atoms with Crippen molar-refractivity contribution in [1.82, 2.24) is 9.78 Å². The number of aryl methyl sites for hydroxylation is 1. The summed E-state index contributed by atoms with van der Waals surface area (Å²) in [5, 5.41) is 12.9. The van der Waals surface area contributed by atoms with Gasteiger partial charge in [-0.15, -0.1) is 0 Å². The number of aromatic nitrogens is 2. The second kappa shape index (κ2) is 5.51. The Bertz CT molecular complexity index is 745. The fraction of sp³-hybridized carbons (Fsp3) is 0.182. The average Bonchev–Trinajstić information content (AvgIpc) is 2.76. The highest BCUT2D eigenvalue weighted by Crippen LogP contribution is 2.25. The van der Waals surface area contributed by atoms with Crippen LogP contribution in [0.5, 0.6) is 0 Å². The zero-order valence-corrected chi connectivity index (χ0v) is 12.7. The van der Waals surface area contributed by atoms with Crippen molar-refractivity contribution in [3.8, 4) is 0 Å². The van der Waals surface area contributed by atoms with E-state index in [1.54, 1.807) is 7.05 Å². The summed E-state index contributed by atoms with van der Waals surface area (Å²) in [6.07, 6.45) is 2.75. The average molecular weight is 364 g/mol. The van der Waals surface area contributed by atoms with Crippen LogP contribution in [0, 0.1) is 5.82 Å². The van der Waals surface area contributed by atoms with Gasteiger partial charge in [0.15, 0.2) is 0 Å². The van der Waals surface area contributed by atoms with Crippen molar-refractivity contribution in [3.05, 3.63) is 40.4 Å². The van der Waals surface area contributed by atoms with E-state index in [4.69, 9.17) is 5.11 Å². The van der Waals surface area contributed by atoms with Gasteiger partial charge < -0.3 is 5.11 Å². The number of hydrogen-bond donors (Lipinski definition) is 2. The summed E-state index contributed by atoms with van der Waals surface area (Å²) in [7, 11) is -2.48. The van der Waals surface area contributed by atoms with Gasteiger partial charge in [0.05, 0.1) is 18.5 Å². The van der Waals surface area contributed by atoms with Crippen molar-refractivity contribution >= 4 is 31.6 Å². The summed E-state index contributed by atoms with van der Waals surface area (Å²) in [4.78, 5) is -0.542. The topological polar surface area (TPSA) is 84.2 Å². The van der Waals surface area contributed by atoms with E-state index in [9.17, 15) is 12.8 Å². The van der Waals surface area contributed by atoms with E-state index in [1.165, 1.54) is 23.1 Å². The number of rotatable bonds is 4. The summed E-state index contributed by atoms with van der Waals surface area (Å²) in [6, 6.07) is 2.45. The Hall–Kier alpha value is -1.45. The Morgan fingerprint density at radius 1 is 1.50 bits per heavy atom. The molecule has 2 aromatic rings. The third-order valence-electron chi connectivity index (χ3n) is 2.50. The predicted octanol–water partition coefficient (Wildman–Crippen LogP) is 1.61. The second-order valence-electron chi connectivity index (χ2n) is 4.04. The number of hydrogen-bond acceptors (Lipinski definition) is 4. The first kappa shape index (κ1) is 14.9. The molecule has 108 valence electrons. The molecule has 20 heavy (non-hydrogen) atoms. The maximum Gasteiger partial charge on any atom is 0.264 e. The number of anilines is 1. The highest BCUT2D eigenvalue weighted by Gasteiger charge is 2.22. The molecular formula is C11H11BrFN3O3S. The molecule has 0 unspecified atom stereocenters. The molecule has 2 rings (SSSR count). The molecule has 0 bridgehead atoms. The summed E-state index contributed by atoms with van der Waals surface area (Å²) in [5.41, 5.74) is 0.114. The maximum absolute atomic E-state index is 14.0. The molecule has 0 aliphatic heterocycles. The van der Waals surface area contributed by atoms with Gasteiger partial charge >= 0.3 is 0 Å². The van der Waals surface area contributed by atoms with Gasteiger partial charge in [0.2, 0.25) is 0 Å². The monoisotopic (exact) mass is 363 g/mol. The van der Waals surface area contributed by atoms with Crippen molar-refractivity contribution < 1.29 is 17.9 Å². The summed E-state index contributed by atoms with van der Waals surface area (Å²) >= 11 is 3.08. The van der Waals surface area contributed by atoms with Gasteiger partial charge in [-0.3, -0.25) is 9.40 Å². The van der Waals surface area contributed by atoms with E-state index in [1.807, 2.05) is 0 Å². The molecule has 0 atom stereocenters. The molecule has 1 aromatic carbocycles. The standard InChI is InChI=1S/C11H11BrFN3O3S/c1-16-5-9(4-14-16)15-20(18,19)10-3-8(12)2-7(6-17)11(10)13/h2-5,15,17H,6H2,1H3. The molecule has 0 aliphatic carbocycles. The molecule has 6 nitrogen and oxygen atoms in total. The second-order valence-corrected chi connectivity index (χ2v) is 6.61. The fourth-order valence-electron chi connectivity index (χ4n) is 1.61. The largest absolute Gasteiger partial charge is 0.392 e. The Labute approximate surface area is 123 Å². The van der Waals surface area contributed by atoms with Crippen LogP contribution in [0.1, 0.15) is 5.56 Å². The Morgan fingerprint density at radius 3 is 2.75 bits per heavy atom. The predicted molar refractivity (Wildman–Crippen MR) is 74.0 cm³/mol.